The van der Waals surface area contributed by atoms with Crippen molar-refractivity contribution in [3.8, 4) is 0 Å². The molecule has 2 unspecified atom stereocenters. The Balaban J connectivity index is 1.93. The number of amides is 1. The SMILES string of the molecule is CC(C)CNCc1ccc(C(=O)N2CC(C)OC(C)C2)cc1. The second-order valence-electron chi connectivity index (χ2n) is 6.69. The molecule has 1 aromatic carbocycles. The zero-order valence-corrected chi connectivity index (χ0v) is 14.1. The number of hydrogen-bond donors (Lipinski definition) is 1. The summed E-state index contributed by atoms with van der Waals surface area (Å²) in [7, 11) is 0. The zero-order chi connectivity index (χ0) is 16.1. The number of hydrogen-bond acceptors (Lipinski definition) is 3. The van der Waals surface area contributed by atoms with Crippen molar-refractivity contribution >= 4 is 5.91 Å². The first-order valence-corrected chi connectivity index (χ1v) is 8.20. The number of morpholine rings is 1. The average molecular weight is 304 g/mol. The molecular weight excluding hydrogens is 276 g/mol. The highest BCUT2D eigenvalue weighted by molar-refractivity contribution is 5.94. The van der Waals surface area contributed by atoms with Crippen LogP contribution in [0.1, 0.15) is 43.6 Å². The predicted octanol–water partition coefficient (Wildman–Crippen LogP) is 2.68. The van der Waals surface area contributed by atoms with Gasteiger partial charge in [-0.25, -0.2) is 0 Å². The molecule has 0 aromatic heterocycles. The molecule has 1 aliphatic rings. The van der Waals surface area contributed by atoms with Crippen molar-refractivity contribution in [2.45, 2.75) is 46.4 Å². The molecule has 0 saturated carbocycles. The Morgan fingerprint density at radius 2 is 1.82 bits per heavy atom. The molecule has 1 heterocycles. The molecule has 1 fully saturated rings. The van der Waals surface area contributed by atoms with Gasteiger partial charge < -0.3 is 15.0 Å². The summed E-state index contributed by atoms with van der Waals surface area (Å²) in [5.74, 6) is 0.745. The Kier molecular flexibility index (Phi) is 5.98. The molecule has 1 amide bonds. The fourth-order valence-corrected chi connectivity index (χ4v) is 2.80. The molecule has 2 rings (SSSR count). The topological polar surface area (TPSA) is 41.6 Å². The highest BCUT2D eigenvalue weighted by atomic mass is 16.5. The number of carbonyl (C=O) groups is 1. The van der Waals surface area contributed by atoms with Gasteiger partial charge in [0.2, 0.25) is 0 Å². The van der Waals surface area contributed by atoms with E-state index in [4.69, 9.17) is 4.74 Å². The van der Waals surface area contributed by atoms with E-state index in [0.717, 1.165) is 18.7 Å². The summed E-state index contributed by atoms with van der Waals surface area (Å²) in [6.45, 7) is 11.6. The van der Waals surface area contributed by atoms with E-state index >= 15 is 0 Å². The molecule has 1 saturated heterocycles. The smallest absolute Gasteiger partial charge is 0.254 e. The van der Waals surface area contributed by atoms with Crippen molar-refractivity contribution in [2.75, 3.05) is 19.6 Å². The van der Waals surface area contributed by atoms with E-state index in [0.29, 0.717) is 19.0 Å². The van der Waals surface area contributed by atoms with Gasteiger partial charge in [-0.2, -0.15) is 0 Å². The van der Waals surface area contributed by atoms with Gasteiger partial charge in [0, 0.05) is 25.2 Å². The molecule has 4 nitrogen and oxygen atoms in total. The molecule has 1 aliphatic heterocycles. The van der Waals surface area contributed by atoms with Crippen LogP contribution in [0, 0.1) is 5.92 Å². The van der Waals surface area contributed by atoms with E-state index in [1.165, 1.54) is 5.56 Å². The molecule has 1 N–H and O–H groups in total. The molecule has 2 atom stereocenters. The van der Waals surface area contributed by atoms with Gasteiger partial charge in [-0.15, -0.1) is 0 Å². The van der Waals surface area contributed by atoms with Crippen LogP contribution >= 0.6 is 0 Å². The van der Waals surface area contributed by atoms with E-state index in [9.17, 15) is 4.79 Å². The predicted molar refractivity (Wildman–Crippen MR) is 88.9 cm³/mol. The molecule has 0 bridgehead atoms. The third-order valence-electron chi connectivity index (χ3n) is 3.79. The Morgan fingerprint density at radius 3 is 2.36 bits per heavy atom. The first kappa shape index (κ1) is 17.0. The number of rotatable bonds is 5. The average Bonchev–Trinajstić information content (AvgIpc) is 2.46. The quantitative estimate of drug-likeness (QED) is 0.909. The summed E-state index contributed by atoms with van der Waals surface area (Å²) in [5, 5.41) is 3.41. The summed E-state index contributed by atoms with van der Waals surface area (Å²) in [6.07, 6.45) is 0.208. The highest BCUT2D eigenvalue weighted by Crippen LogP contribution is 2.15. The van der Waals surface area contributed by atoms with Crippen LogP contribution in [0.3, 0.4) is 0 Å². The van der Waals surface area contributed by atoms with E-state index in [1.807, 2.05) is 43.0 Å². The first-order valence-electron chi connectivity index (χ1n) is 8.20. The van der Waals surface area contributed by atoms with Crippen LogP contribution in [0.4, 0.5) is 0 Å². The molecule has 0 spiro atoms. The second kappa shape index (κ2) is 7.75. The van der Waals surface area contributed by atoms with Crippen LogP contribution in [-0.4, -0.2) is 42.6 Å². The first-order chi connectivity index (χ1) is 10.5. The van der Waals surface area contributed by atoms with Crippen molar-refractivity contribution in [3.05, 3.63) is 35.4 Å². The van der Waals surface area contributed by atoms with Gasteiger partial charge in [0.25, 0.3) is 5.91 Å². The number of ether oxygens (including phenoxy) is 1. The molecule has 0 radical (unpaired) electrons. The van der Waals surface area contributed by atoms with Crippen molar-refractivity contribution < 1.29 is 9.53 Å². The Hall–Kier alpha value is -1.39. The summed E-state index contributed by atoms with van der Waals surface area (Å²) in [4.78, 5) is 14.5. The van der Waals surface area contributed by atoms with Gasteiger partial charge in [0.1, 0.15) is 0 Å². The maximum absolute atomic E-state index is 12.6. The Bertz CT molecular complexity index is 474. The summed E-state index contributed by atoms with van der Waals surface area (Å²) < 4.78 is 5.68. The van der Waals surface area contributed by atoms with Crippen LogP contribution in [0.15, 0.2) is 24.3 Å². The third kappa shape index (κ3) is 4.82. The van der Waals surface area contributed by atoms with Crippen LogP contribution in [0.2, 0.25) is 0 Å². The molecule has 1 aromatic rings. The Labute approximate surface area is 133 Å². The molecule has 22 heavy (non-hydrogen) atoms. The van der Waals surface area contributed by atoms with Crippen LogP contribution in [-0.2, 0) is 11.3 Å². The maximum atomic E-state index is 12.6. The van der Waals surface area contributed by atoms with Crippen molar-refractivity contribution in [1.82, 2.24) is 10.2 Å². The van der Waals surface area contributed by atoms with Crippen LogP contribution < -0.4 is 5.32 Å². The number of nitrogens with zero attached hydrogens (tertiary/aromatic N) is 1. The van der Waals surface area contributed by atoms with Gasteiger partial charge in [-0.3, -0.25) is 4.79 Å². The molecule has 4 heteroatoms. The lowest BCUT2D eigenvalue weighted by Gasteiger charge is -2.35. The van der Waals surface area contributed by atoms with E-state index < -0.39 is 0 Å². The highest BCUT2D eigenvalue weighted by Gasteiger charge is 2.26. The molecule has 122 valence electrons. The minimum Gasteiger partial charge on any atom is -0.372 e. The molecular formula is C18H28N2O2. The van der Waals surface area contributed by atoms with Gasteiger partial charge in [-0.05, 0) is 44.0 Å². The maximum Gasteiger partial charge on any atom is 0.254 e. The molecule has 0 aliphatic carbocycles. The second-order valence-corrected chi connectivity index (χ2v) is 6.69. The summed E-state index contributed by atoms with van der Waals surface area (Å²) in [5.41, 5.74) is 1.97. The summed E-state index contributed by atoms with van der Waals surface area (Å²) >= 11 is 0. The van der Waals surface area contributed by atoms with Crippen molar-refractivity contribution in [2.24, 2.45) is 5.92 Å². The Morgan fingerprint density at radius 1 is 1.23 bits per heavy atom. The monoisotopic (exact) mass is 304 g/mol. The minimum atomic E-state index is 0.101. The van der Waals surface area contributed by atoms with E-state index in [1.54, 1.807) is 0 Å². The van der Waals surface area contributed by atoms with Crippen molar-refractivity contribution in [3.63, 3.8) is 0 Å². The summed E-state index contributed by atoms with van der Waals surface area (Å²) in [6, 6.07) is 7.93. The largest absolute Gasteiger partial charge is 0.372 e. The number of benzene rings is 1. The lowest BCUT2D eigenvalue weighted by Crippen LogP contribution is -2.48. The van der Waals surface area contributed by atoms with Gasteiger partial charge in [0.05, 0.1) is 12.2 Å². The zero-order valence-electron chi connectivity index (χ0n) is 14.1. The van der Waals surface area contributed by atoms with Crippen molar-refractivity contribution in [1.29, 1.82) is 0 Å². The van der Waals surface area contributed by atoms with Gasteiger partial charge in [0.15, 0.2) is 0 Å². The number of carbonyl (C=O) groups excluding carboxylic acids is 1. The van der Waals surface area contributed by atoms with Gasteiger partial charge >= 0.3 is 0 Å². The van der Waals surface area contributed by atoms with E-state index in [2.05, 4.69) is 19.2 Å². The van der Waals surface area contributed by atoms with Gasteiger partial charge in [-0.1, -0.05) is 26.0 Å². The lowest BCUT2D eigenvalue weighted by atomic mass is 10.1. The third-order valence-corrected chi connectivity index (χ3v) is 3.79. The lowest BCUT2D eigenvalue weighted by molar-refractivity contribution is -0.0586. The van der Waals surface area contributed by atoms with Crippen LogP contribution in [0.5, 0.6) is 0 Å². The van der Waals surface area contributed by atoms with Crippen LogP contribution in [0.25, 0.3) is 0 Å². The minimum absolute atomic E-state index is 0.101. The van der Waals surface area contributed by atoms with E-state index in [-0.39, 0.29) is 18.1 Å². The standard InChI is InChI=1S/C18H28N2O2/c1-13(2)9-19-10-16-5-7-17(8-6-16)18(21)20-11-14(3)22-15(4)12-20/h5-8,13-15,19H,9-12H2,1-4H3. The fraction of sp³-hybridized carbons (Fsp3) is 0.611. The number of nitrogens with one attached hydrogen (secondary N) is 1. The fourth-order valence-electron chi connectivity index (χ4n) is 2.80. The normalized spacial score (nSPS) is 22.1.